The first-order chi connectivity index (χ1) is 8.31. The van der Waals surface area contributed by atoms with Crippen LogP contribution in [0, 0.1) is 5.92 Å². The van der Waals surface area contributed by atoms with Crippen LogP contribution in [0.5, 0.6) is 0 Å². The van der Waals surface area contributed by atoms with E-state index >= 15 is 0 Å². The predicted octanol–water partition coefficient (Wildman–Crippen LogP) is 1.48. The van der Waals surface area contributed by atoms with Crippen molar-refractivity contribution in [1.29, 1.82) is 0 Å². The van der Waals surface area contributed by atoms with Crippen LogP contribution in [0.4, 0.5) is 0 Å². The minimum Gasteiger partial charge on any atom is -0.380 e. The molecule has 2 rings (SSSR count). The zero-order chi connectivity index (χ0) is 12.1. The molecule has 1 aliphatic carbocycles. The van der Waals surface area contributed by atoms with Crippen molar-refractivity contribution in [2.45, 2.75) is 51.1 Å². The normalized spacial score (nSPS) is 30.4. The van der Waals surface area contributed by atoms with Gasteiger partial charge in [-0.2, -0.15) is 0 Å². The average molecular weight is 277 g/mol. The number of carbonyl (C=O) groups is 1. The van der Waals surface area contributed by atoms with E-state index in [4.69, 9.17) is 4.74 Å². The third-order valence-electron chi connectivity index (χ3n) is 3.93. The maximum absolute atomic E-state index is 11.9. The van der Waals surface area contributed by atoms with Gasteiger partial charge in [0.1, 0.15) is 0 Å². The van der Waals surface area contributed by atoms with Gasteiger partial charge in [-0.15, -0.1) is 12.4 Å². The summed E-state index contributed by atoms with van der Waals surface area (Å²) in [5, 5.41) is 6.42. The minimum absolute atomic E-state index is 0. The Kier molecular flexibility index (Phi) is 6.97. The second kappa shape index (κ2) is 7.97. The van der Waals surface area contributed by atoms with E-state index in [-0.39, 0.29) is 24.4 Å². The van der Waals surface area contributed by atoms with Crippen molar-refractivity contribution in [1.82, 2.24) is 10.6 Å². The van der Waals surface area contributed by atoms with Crippen LogP contribution in [-0.2, 0) is 9.53 Å². The molecule has 0 aromatic carbocycles. The molecule has 3 unspecified atom stereocenters. The number of hydrogen-bond donors (Lipinski definition) is 2. The Balaban J connectivity index is 0.00000162. The van der Waals surface area contributed by atoms with Crippen molar-refractivity contribution >= 4 is 18.3 Å². The van der Waals surface area contributed by atoms with E-state index in [1.54, 1.807) is 0 Å². The van der Waals surface area contributed by atoms with Crippen LogP contribution in [0.3, 0.4) is 0 Å². The molecule has 1 saturated carbocycles. The highest BCUT2D eigenvalue weighted by Gasteiger charge is 2.37. The van der Waals surface area contributed by atoms with Crippen molar-refractivity contribution < 1.29 is 9.53 Å². The number of ether oxygens (including phenoxy) is 1. The summed E-state index contributed by atoms with van der Waals surface area (Å²) in [5.41, 5.74) is 0. The SMILES string of the molecule is CCOCCNC(=O)C1CC2CCCCC2N1.Cl. The Morgan fingerprint density at radius 2 is 2.17 bits per heavy atom. The Hall–Kier alpha value is -0.320. The van der Waals surface area contributed by atoms with Gasteiger partial charge in [0.15, 0.2) is 0 Å². The molecular formula is C13H25ClN2O2. The van der Waals surface area contributed by atoms with E-state index in [1.807, 2.05) is 6.92 Å². The second-order valence-electron chi connectivity index (χ2n) is 5.09. The topological polar surface area (TPSA) is 50.4 Å². The van der Waals surface area contributed by atoms with Gasteiger partial charge >= 0.3 is 0 Å². The number of fused-ring (bicyclic) bond motifs is 1. The smallest absolute Gasteiger partial charge is 0.237 e. The quantitative estimate of drug-likeness (QED) is 0.748. The fourth-order valence-corrected chi connectivity index (χ4v) is 3.04. The standard InChI is InChI=1S/C13H24N2O2.ClH/c1-2-17-8-7-14-13(16)12-9-10-5-3-4-6-11(10)15-12;/h10-12,15H,2-9H2,1H3,(H,14,16);1H. The average Bonchev–Trinajstić information content (AvgIpc) is 2.78. The summed E-state index contributed by atoms with van der Waals surface area (Å²) in [5.74, 6) is 0.880. The molecule has 0 radical (unpaired) electrons. The maximum Gasteiger partial charge on any atom is 0.237 e. The molecule has 18 heavy (non-hydrogen) atoms. The number of amides is 1. The third kappa shape index (κ3) is 4.11. The van der Waals surface area contributed by atoms with Gasteiger partial charge in [-0.1, -0.05) is 12.8 Å². The molecule has 2 N–H and O–H groups in total. The zero-order valence-corrected chi connectivity index (χ0v) is 11.9. The molecule has 1 amide bonds. The molecule has 106 valence electrons. The summed E-state index contributed by atoms with van der Waals surface area (Å²) in [7, 11) is 0. The first-order valence-corrected chi connectivity index (χ1v) is 6.92. The first kappa shape index (κ1) is 15.7. The fraction of sp³-hybridized carbons (Fsp3) is 0.923. The molecule has 2 fully saturated rings. The van der Waals surface area contributed by atoms with Crippen molar-refractivity contribution in [2.75, 3.05) is 19.8 Å². The molecule has 1 aliphatic heterocycles. The third-order valence-corrected chi connectivity index (χ3v) is 3.93. The monoisotopic (exact) mass is 276 g/mol. The molecule has 0 aromatic rings. The molecule has 4 nitrogen and oxygen atoms in total. The summed E-state index contributed by atoms with van der Waals surface area (Å²) in [6.07, 6.45) is 6.20. The maximum atomic E-state index is 11.9. The summed E-state index contributed by atoms with van der Waals surface area (Å²) in [6, 6.07) is 0.621. The van der Waals surface area contributed by atoms with Gasteiger partial charge in [0.05, 0.1) is 12.6 Å². The molecule has 0 bridgehead atoms. The van der Waals surface area contributed by atoms with Crippen molar-refractivity contribution in [3.63, 3.8) is 0 Å². The molecule has 5 heteroatoms. The van der Waals surface area contributed by atoms with Crippen LogP contribution >= 0.6 is 12.4 Å². The van der Waals surface area contributed by atoms with Crippen molar-refractivity contribution in [3.8, 4) is 0 Å². The summed E-state index contributed by atoms with van der Waals surface area (Å²) in [6.45, 7) is 3.91. The molecule has 0 aromatic heterocycles. The molecule has 2 aliphatic rings. The van der Waals surface area contributed by atoms with Crippen LogP contribution in [-0.4, -0.2) is 37.7 Å². The van der Waals surface area contributed by atoms with Gasteiger partial charge in [-0.25, -0.2) is 0 Å². The fourth-order valence-electron chi connectivity index (χ4n) is 3.04. The lowest BCUT2D eigenvalue weighted by molar-refractivity contribution is -0.123. The van der Waals surface area contributed by atoms with Crippen LogP contribution in [0.15, 0.2) is 0 Å². The van der Waals surface area contributed by atoms with Crippen LogP contribution in [0.25, 0.3) is 0 Å². The van der Waals surface area contributed by atoms with Gasteiger partial charge in [0.2, 0.25) is 5.91 Å². The van der Waals surface area contributed by atoms with Gasteiger partial charge < -0.3 is 15.4 Å². The molecule has 0 spiro atoms. The lowest BCUT2D eigenvalue weighted by Crippen LogP contribution is -2.44. The van der Waals surface area contributed by atoms with Crippen molar-refractivity contribution in [3.05, 3.63) is 0 Å². The Morgan fingerprint density at radius 3 is 2.89 bits per heavy atom. The van der Waals surface area contributed by atoms with E-state index in [2.05, 4.69) is 10.6 Å². The Labute approximate surface area is 116 Å². The second-order valence-corrected chi connectivity index (χ2v) is 5.09. The molecular weight excluding hydrogens is 252 g/mol. The molecule has 1 heterocycles. The number of carbonyl (C=O) groups excluding carboxylic acids is 1. The van der Waals surface area contributed by atoms with Gasteiger partial charge in [-0.05, 0) is 32.1 Å². The molecule has 3 atom stereocenters. The van der Waals surface area contributed by atoms with Crippen LogP contribution in [0.1, 0.15) is 39.0 Å². The van der Waals surface area contributed by atoms with Gasteiger partial charge in [0.25, 0.3) is 0 Å². The summed E-state index contributed by atoms with van der Waals surface area (Å²) in [4.78, 5) is 11.9. The highest BCUT2D eigenvalue weighted by Crippen LogP contribution is 2.33. The number of rotatable bonds is 5. The van der Waals surface area contributed by atoms with Gasteiger partial charge in [0, 0.05) is 19.2 Å². The van der Waals surface area contributed by atoms with Crippen LogP contribution in [0.2, 0.25) is 0 Å². The summed E-state index contributed by atoms with van der Waals surface area (Å²) >= 11 is 0. The zero-order valence-electron chi connectivity index (χ0n) is 11.1. The number of halogens is 1. The number of hydrogen-bond acceptors (Lipinski definition) is 3. The predicted molar refractivity (Wildman–Crippen MR) is 74.0 cm³/mol. The first-order valence-electron chi connectivity index (χ1n) is 6.92. The lowest BCUT2D eigenvalue weighted by Gasteiger charge is -2.24. The van der Waals surface area contributed by atoms with E-state index in [9.17, 15) is 4.79 Å². The summed E-state index contributed by atoms with van der Waals surface area (Å²) < 4.78 is 5.21. The highest BCUT2D eigenvalue weighted by atomic mass is 35.5. The minimum atomic E-state index is 0. The number of nitrogens with one attached hydrogen (secondary N) is 2. The lowest BCUT2D eigenvalue weighted by atomic mass is 9.85. The Bertz CT molecular complexity index is 249. The van der Waals surface area contributed by atoms with E-state index in [1.165, 1.54) is 25.7 Å². The van der Waals surface area contributed by atoms with E-state index < -0.39 is 0 Å². The highest BCUT2D eigenvalue weighted by molar-refractivity contribution is 5.85. The van der Waals surface area contributed by atoms with Crippen LogP contribution < -0.4 is 10.6 Å². The van der Waals surface area contributed by atoms with E-state index in [0.29, 0.717) is 25.8 Å². The molecule has 1 saturated heterocycles. The van der Waals surface area contributed by atoms with E-state index in [0.717, 1.165) is 12.3 Å². The largest absolute Gasteiger partial charge is 0.380 e. The van der Waals surface area contributed by atoms with Gasteiger partial charge in [-0.3, -0.25) is 4.79 Å². The van der Waals surface area contributed by atoms with Crippen molar-refractivity contribution in [2.24, 2.45) is 5.92 Å². The Morgan fingerprint density at radius 1 is 1.39 bits per heavy atom.